The van der Waals surface area contributed by atoms with Gasteiger partial charge in [0.2, 0.25) is 0 Å². The summed E-state index contributed by atoms with van der Waals surface area (Å²) in [7, 11) is 0. The summed E-state index contributed by atoms with van der Waals surface area (Å²) < 4.78 is 0. The van der Waals surface area contributed by atoms with Gasteiger partial charge in [-0.1, -0.05) is 38.1 Å². The average molecular weight is 268 g/mol. The third-order valence-corrected chi connectivity index (χ3v) is 4.18. The summed E-state index contributed by atoms with van der Waals surface area (Å²) in [6.45, 7) is 6.00. The zero-order valence-corrected chi connectivity index (χ0v) is 12.2. The number of hydrogen-bond acceptors (Lipinski definition) is 2. The Balaban J connectivity index is 1.96. The first-order chi connectivity index (χ1) is 9.56. The van der Waals surface area contributed by atoms with Crippen LogP contribution in [0.25, 0.3) is 0 Å². The van der Waals surface area contributed by atoms with Crippen LogP contribution in [-0.4, -0.2) is 9.97 Å². The highest BCUT2D eigenvalue weighted by Gasteiger charge is 2.25. The minimum Gasteiger partial charge on any atom is -0.310 e. The molecule has 2 aromatic rings. The molecule has 3 heteroatoms. The number of fused-ring (bicyclic) bond motifs is 1. The number of aromatic amines is 1. The van der Waals surface area contributed by atoms with Crippen molar-refractivity contribution in [1.82, 2.24) is 9.97 Å². The summed E-state index contributed by atoms with van der Waals surface area (Å²) in [5.41, 5.74) is 4.47. The van der Waals surface area contributed by atoms with Gasteiger partial charge >= 0.3 is 0 Å². The minimum absolute atomic E-state index is 0.0263. The number of rotatable bonds is 2. The van der Waals surface area contributed by atoms with Gasteiger partial charge < -0.3 is 4.98 Å². The van der Waals surface area contributed by atoms with E-state index in [9.17, 15) is 4.79 Å². The molecule has 1 aliphatic rings. The van der Waals surface area contributed by atoms with Crippen molar-refractivity contribution in [3.63, 3.8) is 0 Å². The Bertz CT molecular complexity index is 675. The molecule has 1 heterocycles. The van der Waals surface area contributed by atoms with Crippen molar-refractivity contribution in [3.8, 4) is 0 Å². The number of hydrogen-bond donors (Lipinski definition) is 1. The van der Waals surface area contributed by atoms with Crippen LogP contribution in [0.15, 0.2) is 29.1 Å². The van der Waals surface area contributed by atoms with E-state index in [1.807, 2.05) is 20.8 Å². The molecule has 1 aromatic carbocycles. The lowest BCUT2D eigenvalue weighted by Crippen LogP contribution is -2.21. The van der Waals surface area contributed by atoms with Crippen LogP contribution in [0, 0.1) is 6.92 Å². The van der Waals surface area contributed by atoms with E-state index in [1.165, 1.54) is 11.1 Å². The van der Waals surface area contributed by atoms with Crippen LogP contribution < -0.4 is 5.56 Å². The van der Waals surface area contributed by atoms with Gasteiger partial charge in [-0.15, -0.1) is 0 Å². The van der Waals surface area contributed by atoms with E-state index in [0.717, 1.165) is 29.9 Å². The lowest BCUT2D eigenvalue weighted by atomic mass is 10.0. The van der Waals surface area contributed by atoms with Crippen molar-refractivity contribution in [1.29, 1.82) is 0 Å². The van der Waals surface area contributed by atoms with Crippen LogP contribution >= 0.6 is 0 Å². The third kappa shape index (κ3) is 2.17. The van der Waals surface area contributed by atoms with E-state index in [0.29, 0.717) is 5.92 Å². The molecule has 0 amide bonds. The van der Waals surface area contributed by atoms with Crippen molar-refractivity contribution in [2.24, 2.45) is 0 Å². The highest BCUT2D eigenvalue weighted by molar-refractivity contribution is 5.35. The fraction of sp³-hybridized carbons (Fsp3) is 0.412. The van der Waals surface area contributed by atoms with Gasteiger partial charge in [-0.05, 0) is 36.8 Å². The van der Waals surface area contributed by atoms with Crippen molar-refractivity contribution < 1.29 is 0 Å². The summed E-state index contributed by atoms with van der Waals surface area (Å²) >= 11 is 0. The summed E-state index contributed by atoms with van der Waals surface area (Å²) in [5, 5.41) is 0. The van der Waals surface area contributed by atoms with Gasteiger partial charge in [0.25, 0.3) is 5.56 Å². The molecule has 0 radical (unpaired) electrons. The molecule has 20 heavy (non-hydrogen) atoms. The first-order valence-electron chi connectivity index (χ1n) is 7.23. The zero-order chi connectivity index (χ0) is 14.3. The monoisotopic (exact) mass is 268 g/mol. The molecule has 0 spiro atoms. The maximum Gasteiger partial charge on any atom is 0.254 e. The van der Waals surface area contributed by atoms with Crippen molar-refractivity contribution in [2.45, 2.75) is 45.4 Å². The number of nitrogens with zero attached hydrogens (tertiary/aromatic N) is 1. The van der Waals surface area contributed by atoms with E-state index < -0.39 is 0 Å². The highest BCUT2D eigenvalue weighted by atomic mass is 16.1. The maximum absolute atomic E-state index is 12.2. The second-order valence-electron chi connectivity index (χ2n) is 5.98. The fourth-order valence-corrected chi connectivity index (χ4v) is 3.24. The zero-order valence-electron chi connectivity index (χ0n) is 12.2. The molecular formula is C17H20N2O. The molecule has 1 aromatic heterocycles. The quantitative estimate of drug-likeness (QED) is 0.909. The summed E-state index contributed by atoms with van der Waals surface area (Å²) in [4.78, 5) is 19.9. The van der Waals surface area contributed by atoms with Crippen molar-refractivity contribution in [2.75, 3.05) is 0 Å². The second kappa shape index (κ2) is 4.89. The Kier molecular flexibility index (Phi) is 3.20. The van der Waals surface area contributed by atoms with E-state index >= 15 is 0 Å². The number of nitrogens with one attached hydrogen (secondary N) is 1. The van der Waals surface area contributed by atoms with Gasteiger partial charge in [-0.2, -0.15) is 0 Å². The van der Waals surface area contributed by atoms with E-state index in [2.05, 4.69) is 34.2 Å². The topological polar surface area (TPSA) is 45.8 Å². The molecule has 1 N–H and O–H groups in total. The summed E-state index contributed by atoms with van der Waals surface area (Å²) in [6, 6.07) is 8.49. The van der Waals surface area contributed by atoms with Gasteiger partial charge in [-0.25, -0.2) is 4.98 Å². The molecule has 0 atom stereocenters. The Morgan fingerprint density at radius 1 is 1.20 bits per heavy atom. The molecule has 104 valence electrons. The normalized spacial score (nSPS) is 14.8. The van der Waals surface area contributed by atoms with Crippen LogP contribution in [0.2, 0.25) is 0 Å². The Morgan fingerprint density at radius 2 is 1.80 bits per heavy atom. The minimum atomic E-state index is 0.0263. The SMILES string of the molecule is Cc1nc(C2Cc3ccccc3C2)[nH]c(=O)c1C(C)C. The number of aromatic nitrogens is 2. The first-order valence-corrected chi connectivity index (χ1v) is 7.23. The second-order valence-corrected chi connectivity index (χ2v) is 5.98. The van der Waals surface area contributed by atoms with Crippen molar-refractivity contribution in [3.05, 3.63) is 62.8 Å². The largest absolute Gasteiger partial charge is 0.310 e. The molecule has 3 nitrogen and oxygen atoms in total. The molecule has 3 rings (SSSR count). The van der Waals surface area contributed by atoms with Crippen LogP contribution in [0.5, 0.6) is 0 Å². The van der Waals surface area contributed by atoms with Gasteiger partial charge in [0, 0.05) is 17.2 Å². The Morgan fingerprint density at radius 3 is 2.30 bits per heavy atom. The van der Waals surface area contributed by atoms with Crippen molar-refractivity contribution >= 4 is 0 Å². The van der Waals surface area contributed by atoms with E-state index in [1.54, 1.807) is 0 Å². The van der Waals surface area contributed by atoms with Crippen LogP contribution in [-0.2, 0) is 12.8 Å². The smallest absolute Gasteiger partial charge is 0.254 e. The molecule has 0 aliphatic heterocycles. The molecule has 0 fully saturated rings. The first kappa shape index (κ1) is 13.1. The predicted octanol–water partition coefficient (Wildman–Crippen LogP) is 3.08. The van der Waals surface area contributed by atoms with Crippen LogP contribution in [0.3, 0.4) is 0 Å². The van der Waals surface area contributed by atoms with Crippen LogP contribution in [0.1, 0.15) is 53.9 Å². The summed E-state index contributed by atoms with van der Waals surface area (Å²) in [5.74, 6) is 1.36. The van der Waals surface area contributed by atoms with Crippen LogP contribution in [0.4, 0.5) is 0 Å². The molecule has 0 unspecified atom stereocenters. The van der Waals surface area contributed by atoms with Gasteiger partial charge in [-0.3, -0.25) is 4.79 Å². The molecule has 1 aliphatic carbocycles. The summed E-state index contributed by atoms with van der Waals surface area (Å²) in [6.07, 6.45) is 1.94. The molecular weight excluding hydrogens is 248 g/mol. The Labute approximate surface area is 119 Å². The van der Waals surface area contributed by atoms with Gasteiger partial charge in [0.05, 0.1) is 0 Å². The highest BCUT2D eigenvalue weighted by Crippen LogP contribution is 2.32. The molecule has 0 saturated carbocycles. The van der Waals surface area contributed by atoms with Gasteiger partial charge in [0.1, 0.15) is 5.82 Å². The predicted molar refractivity (Wildman–Crippen MR) is 80.3 cm³/mol. The average Bonchev–Trinajstić information content (AvgIpc) is 2.81. The Hall–Kier alpha value is -1.90. The fourth-order valence-electron chi connectivity index (χ4n) is 3.24. The molecule has 0 saturated heterocycles. The van der Waals surface area contributed by atoms with E-state index in [4.69, 9.17) is 0 Å². The number of H-pyrrole nitrogens is 1. The standard InChI is InChI=1S/C17H20N2O/c1-10(2)15-11(3)18-16(19-17(15)20)14-8-12-6-4-5-7-13(12)9-14/h4-7,10,14H,8-9H2,1-3H3,(H,18,19,20). The molecule has 0 bridgehead atoms. The van der Waals surface area contributed by atoms with E-state index in [-0.39, 0.29) is 11.5 Å². The van der Waals surface area contributed by atoms with Gasteiger partial charge in [0.15, 0.2) is 0 Å². The lowest BCUT2D eigenvalue weighted by molar-refractivity contribution is 0.662. The number of aryl methyl sites for hydroxylation is 1. The number of benzene rings is 1. The lowest BCUT2D eigenvalue weighted by Gasteiger charge is -2.13. The maximum atomic E-state index is 12.2. The third-order valence-electron chi connectivity index (χ3n) is 4.18.